The van der Waals surface area contributed by atoms with E-state index in [0.717, 1.165) is 5.56 Å². The van der Waals surface area contributed by atoms with E-state index in [1.807, 2.05) is 6.92 Å². The molecular weight excluding hydrogens is 668 g/mol. The van der Waals surface area contributed by atoms with E-state index in [9.17, 15) is 13.2 Å². The van der Waals surface area contributed by atoms with Gasteiger partial charge in [-0.05, 0) is 72.1 Å². The van der Waals surface area contributed by atoms with Crippen molar-refractivity contribution in [3.05, 3.63) is 115 Å². The molecule has 0 saturated heterocycles. The van der Waals surface area contributed by atoms with Crippen molar-refractivity contribution in [2.45, 2.75) is 17.4 Å². The first-order valence-corrected chi connectivity index (χ1v) is 16.4. The molecule has 18 heteroatoms. The minimum absolute atomic E-state index is 0.0329. The minimum Gasteiger partial charge on any atom is -0.493 e. The van der Waals surface area contributed by atoms with E-state index in [2.05, 4.69) is 50.9 Å². The number of sulfonamides is 1. The number of aromatic nitrogens is 7. The van der Waals surface area contributed by atoms with Crippen LogP contribution in [0.1, 0.15) is 17.2 Å². The van der Waals surface area contributed by atoms with Crippen LogP contribution in [0, 0.1) is 6.92 Å². The van der Waals surface area contributed by atoms with E-state index in [0.29, 0.717) is 11.6 Å². The van der Waals surface area contributed by atoms with E-state index in [-0.39, 0.29) is 53.0 Å². The summed E-state index contributed by atoms with van der Waals surface area (Å²) in [6.45, 7) is 1.36. The van der Waals surface area contributed by atoms with E-state index in [1.165, 1.54) is 25.4 Å². The number of nitrogens with zero attached hydrogens (tertiary/aromatic N) is 6. The predicted octanol–water partition coefficient (Wildman–Crippen LogP) is 3.84. The van der Waals surface area contributed by atoms with Crippen LogP contribution in [0.2, 0.25) is 0 Å². The lowest BCUT2D eigenvalue weighted by atomic mass is 9.95. The van der Waals surface area contributed by atoms with Crippen LogP contribution in [0.15, 0.2) is 102 Å². The molecule has 2 aromatic carbocycles. The van der Waals surface area contributed by atoms with Gasteiger partial charge in [0.15, 0.2) is 34.5 Å². The zero-order valence-electron chi connectivity index (χ0n) is 26.6. The van der Waals surface area contributed by atoms with Crippen LogP contribution in [0.4, 0.5) is 16.4 Å². The molecular formula is C32H30N10O7S. The number of methoxy groups -OCH3 is 1. The van der Waals surface area contributed by atoms with E-state index >= 15 is 0 Å². The van der Waals surface area contributed by atoms with Gasteiger partial charge in [-0.3, -0.25) is 10.0 Å². The molecule has 1 aliphatic rings. The average Bonchev–Trinajstić information content (AvgIpc) is 3.68. The van der Waals surface area contributed by atoms with Crippen molar-refractivity contribution in [1.29, 1.82) is 0 Å². The zero-order chi connectivity index (χ0) is 35.0. The fourth-order valence-corrected chi connectivity index (χ4v) is 5.64. The molecule has 4 N–H and O–H groups in total. The van der Waals surface area contributed by atoms with Gasteiger partial charge >= 0.3 is 6.09 Å². The van der Waals surface area contributed by atoms with Crippen molar-refractivity contribution in [1.82, 2.24) is 40.9 Å². The predicted molar refractivity (Wildman–Crippen MR) is 178 cm³/mol. The smallest absolute Gasteiger partial charge is 0.412 e. The van der Waals surface area contributed by atoms with Crippen LogP contribution in [0.3, 0.4) is 0 Å². The van der Waals surface area contributed by atoms with Crippen LogP contribution in [0.25, 0.3) is 0 Å². The second-order valence-corrected chi connectivity index (χ2v) is 12.1. The molecule has 256 valence electrons. The van der Waals surface area contributed by atoms with E-state index in [4.69, 9.17) is 18.9 Å². The van der Waals surface area contributed by atoms with E-state index in [1.54, 1.807) is 79.0 Å². The number of para-hydroxylation sites is 2. The Morgan fingerprint density at radius 1 is 0.960 bits per heavy atom. The van der Waals surface area contributed by atoms with Crippen molar-refractivity contribution in [3.63, 3.8) is 0 Å². The van der Waals surface area contributed by atoms with Crippen molar-refractivity contribution in [2.75, 3.05) is 30.4 Å². The summed E-state index contributed by atoms with van der Waals surface area (Å²) in [5.41, 5.74) is -0.548. The van der Waals surface area contributed by atoms with Gasteiger partial charge in [-0.1, -0.05) is 42.0 Å². The second kappa shape index (κ2) is 14.7. The molecule has 1 aliphatic heterocycles. The number of ether oxygens (including phenoxy) is 4. The maximum atomic E-state index is 13.8. The second-order valence-electron chi connectivity index (χ2n) is 10.4. The Bertz CT molecular complexity index is 2110. The molecule has 0 aliphatic carbocycles. The number of hydrogen-bond acceptors (Lipinski definition) is 14. The number of carbonyl (C=O) groups excluding carboxylic acids is 1. The van der Waals surface area contributed by atoms with Gasteiger partial charge < -0.3 is 24.3 Å². The monoisotopic (exact) mass is 698 g/mol. The number of aryl methyl sites for hydroxylation is 1. The number of rotatable bonds is 13. The maximum absolute atomic E-state index is 13.8. The Hall–Kier alpha value is -6.56. The summed E-state index contributed by atoms with van der Waals surface area (Å²) in [5, 5.41) is 19.9. The molecule has 6 rings (SSSR count). The first kappa shape index (κ1) is 33.3. The topological polar surface area (TPSA) is 217 Å². The summed E-state index contributed by atoms with van der Waals surface area (Å²) in [7, 11) is -2.80. The number of hydrogen-bond donors (Lipinski definition) is 4. The fraction of sp³-hybridized carbons (Fsp3) is 0.156. The third-order valence-electron chi connectivity index (χ3n) is 7.06. The average molecular weight is 699 g/mol. The molecule has 0 saturated carbocycles. The van der Waals surface area contributed by atoms with Gasteiger partial charge in [-0.15, -0.1) is 5.10 Å². The maximum Gasteiger partial charge on any atom is 0.412 e. The van der Waals surface area contributed by atoms with Gasteiger partial charge in [0.1, 0.15) is 19.0 Å². The minimum atomic E-state index is -4.26. The number of H-pyrrole nitrogens is 1. The number of anilines is 2. The third kappa shape index (κ3) is 7.44. The summed E-state index contributed by atoms with van der Waals surface area (Å²) in [5.74, 6) is 0.258. The first-order valence-electron chi connectivity index (χ1n) is 14.9. The molecule has 1 unspecified atom stereocenters. The molecule has 4 heterocycles. The van der Waals surface area contributed by atoms with Gasteiger partial charge in [0.25, 0.3) is 15.9 Å². The molecule has 1 atom stereocenters. The highest BCUT2D eigenvalue weighted by Crippen LogP contribution is 2.42. The molecule has 5 aromatic rings. The molecule has 17 nitrogen and oxygen atoms in total. The van der Waals surface area contributed by atoms with E-state index < -0.39 is 21.7 Å². The number of allylic oxidation sites excluding steroid dienone is 2. The largest absolute Gasteiger partial charge is 0.493 e. The number of carbonyl (C=O) groups is 1. The Morgan fingerprint density at radius 3 is 2.46 bits per heavy atom. The summed E-state index contributed by atoms with van der Waals surface area (Å²) >= 11 is 0. The number of tetrazole rings is 1. The highest BCUT2D eigenvalue weighted by molar-refractivity contribution is 7.92. The SMILES string of the molecule is COc1ccccc1Oc1c(NS(=O)(=O)c2ccc(C)cc2)nc(C2(c3nnn[nH]3)C=CC=CN2)nc1OCCOC(=O)Nc1ccccn1. The number of pyridine rings is 1. The summed E-state index contributed by atoms with van der Waals surface area (Å²) in [4.78, 5) is 25.7. The van der Waals surface area contributed by atoms with Gasteiger partial charge in [-0.2, -0.15) is 4.98 Å². The number of amides is 1. The number of dihydropyridines is 1. The standard InChI is InChI=1S/C32H30N10O7S/c1-21-12-14-22(15-13-21)50(44,45)40-27-26(49-24-10-4-3-9-23(24)46-2)28(47-19-20-48-31(43)35-25-11-5-7-17-33-25)37-29(36-27)32(16-6-8-18-34-32)30-38-41-42-39-30/h3-18,34H,19-20H2,1-2H3,(H,33,35,43)(H,36,37,40)(H,38,39,41,42). The Kier molecular flexibility index (Phi) is 9.80. The molecule has 0 fully saturated rings. The highest BCUT2D eigenvalue weighted by Gasteiger charge is 2.41. The quantitative estimate of drug-likeness (QED) is 0.129. The Morgan fingerprint density at radius 2 is 1.76 bits per heavy atom. The number of nitrogens with one attached hydrogen (secondary N) is 4. The molecule has 50 heavy (non-hydrogen) atoms. The summed E-state index contributed by atoms with van der Waals surface area (Å²) in [6, 6.07) is 18.0. The third-order valence-corrected chi connectivity index (χ3v) is 8.42. The van der Waals surface area contributed by atoms with Crippen molar-refractivity contribution >= 4 is 27.8 Å². The Balaban J connectivity index is 1.42. The lowest BCUT2D eigenvalue weighted by molar-refractivity contribution is 0.135. The molecule has 0 spiro atoms. The van der Waals surface area contributed by atoms with Gasteiger partial charge in [0.05, 0.1) is 12.0 Å². The lowest BCUT2D eigenvalue weighted by Crippen LogP contribution is -2.43. The molecule has 0 radical (unpaired) electrons. The first-order chi connectivity index (χ1) is 24.3. The Labute approximate surface area is 285 Å². The van der Waals surface area contributed by atoms with Gasteiger partial charge in [-0.25, -0.2) is 28.3 Å². The van der Waals surface area contributed by atoms with Crippen LogP contribution in [-0.4, -0.2) is 70.4 Å². The van der Waals surface area contributed by atoms with Gasteiger partial charge in [0.2, 0.25) is 5.75 Å². The number of aromatic amines is 1. The molecule has 1 amide bonds. The number of benzene rings is 2. The van der Waals surface area contributed by atoms with Crippen molar-refractivity contribution in [3.8, 4) is 23.1 Å². The van der Waals surface area contributed by atoms with Gasteiger partial charge in [0, 0.05) is 6.20 Å². The normalized spacial score (nSPS) is 15.1. The summed E-state index contributed by atoms with van der Waals surface area (Å²) < 4.78 is 53.2. The van der Waals surface area contributed by atoms with Crippen molar-refractivity contribution in [2.24, 2.45) is 0 Å². The molecule has 3 aromatic heterocycles. The zero-order valence-corrected chi connectivity index (χ0v) is 27.4. The highest BCUT2D eigenvalue weighted by atomic mass is 32.2. The summed E-state index contributed by atoms with van der Waals surface area (Å²) in [6.07, 6.45) is 7.49. The van der Waals surface area contributed by atoms with Crippen LogP contribution < -0.4 is 29.6 Å². The molecule has 0 bridgehead atoms. The van der Waals surface area contributed by atoms with Crippen molar-refractivity contribution < 1.29 is 32.2 Å². The fourth-order valence-electron chi connectivity index (χ4n) is 4.63. The van der Waals surface area contributed by atoms with Crippen LogP contribution in [-0.2, 0) is 20.3 Å². The lowest BCUT2D eigenvalue weighted by Gasteiger charge is -2.29. The van der Waals surface area contributed by atoms with Crippen LogP contribution in [0.5, 0.6) is 23.1 Å². The van der Waals surface area contributed by atoms with Crippen LogP contribution >= 0.6 is 0 Å².